The van der Waals surface area contributed by atoms with Crippen LogP contribution in [0.5, 0.6) is 0 Å². The topological polar surface area (TPSA) is 180 Å². The Labute approximate surface area is 199 Å². The van der Waals surface area contributed by atoms with Crippen LogP contribution in [0.3, 0.4) is 0 Å². The van der Waals surface area contributed by atoms with Crippen molar-refractivity contribution in [3.8, 4) is 0 Å². The van der Waals surface area contributed by atoms with Gasteiger partial charge in [-0.1, -0.05) is 13.0 Å². The number of Topliss-reactive ketones (excluding diaryl/α,β-unsaturated/α-hetero) is 1. The maximum atomic E-state index is 13.2. The Balaban J connectivity index is 1.57. The average molecular weight is 486 g/mol. The number of aliphatic hydroxyl groups excluding tert-OH is 6. The second-order valence-electron chi connectivity index (χ2n) is 10.7. The summed E-state index contributed by atoms with van der Waals surface area (Å²) in [7, 11) is 0. The third kappa shape index (κ3) is 4.12. The molecule has 0 aliphatic heterocycles. The van der Waals surface area contributed by atoms with E-state index in [0.717, 1.165) is 0 Å². The van der Waals surface area contributed by atoms with E-state index < -0.39 is 72.0 Å². The maximum absolute atomic E-state index is 13.2. The van der Waals surface area contributed by atoms with Gasteiger partial charge in [0.05, 0.1) is 43.0 Å². The fourth-order valence-electron chi connectivity index (χ4n) is 7.20. The maximum Gasteiger partial charge on any atom is 0.235 e. The predicted molar refractivity (Wildman–Crippen MR) is 119 cm³/mol. The summed E-state index contributed by atoms with van der Waals surface area (Å²) >= 11 is 0. The van der Waals surface area contributed by atoms with Crippen LogP contribution >= 0.6 is 0 Å². The van der Waals surface area contributed by atoms with Crippen molar-refractivity contribution in [3.05, 3.63) is 11.8 Å². The van der Waals surface area contributed by atoms with Gasteiger partial charge in [-0.05, 0) is 50.9 Å². The van der Waals surface area contributed by atoms with E-state index in [4.69, 9.17) is 4.74 Å². The van der Waals surface area contributed by atoms with E-state index in [-0.39, 0.29) is 18.3 Å². The Kier molecular flexibility index (Phi) is 7.44. The van der Waals surface area contributed by atoms with Crippen LogP contribution in [0.15, 0.2) is 11.8 Å². The average Bonchev–Trinajstić information content (AvgIpc) is 2.76. The molecule has 0 spiro atoms. The second-order valence-corrected chi connectivity index (χ2v) is 10.7. The van der Waals surface area contributed by atoms with Crippen molar-refractivity contribution < 1.29 is 45.3 Å². The predicted octanol–water partition coefficient (Wildman–Crippen LogP) is -1.40. The van der Waals surface area contributed by atoms with Gasteiger partial charge in [0.15, 0.2) is 11.4 Å². The fraction of sp³-hybridized carbons (Fsp3) is 0.875. The van der Waals surface area contributed by atoms with Crippen molar-refractivity contribution in [1.82, 2.24) is 5.32 Å². The molecule has 0 amide bonds. The third-order valence-electron chi connectivity index (χ3n) is 8.76. The van der Waals surface area contributed by atoms with Crippen LogP contribution in [0.1, 0.15) is 46.0 Å². The van der Waals surface area contributed by atoms with Gasteiger partial charge in [0.2, 0.25) is 6.41 Å². The minimum absolute atomic E-state index is 0.0779. The van der Waals surface area contributed by atoms with E-state index in [2.05, 4.69) is 5.32 Å². The SMILES string of the molecule is CCCOC(O)NC1=CCC2C[C@H]3C[C@H]4CC(O)C(C(C)O)C(=O)[C@@]4(O)C(O)C3C(O)C2C1O. The van der Waals surface area contributed by atoms with Gasteiger partial charge in [-0.2, -0.15) is 0 Å². The number of rotatable bonds is 6. The molecular weight excluding hydrogens is 446 g/mol. The molecule has 10 nitrogen and oxygen atoms in total. The van der Waals surface area contributed by atoms with Crippen LogP contribution < -0.4 is 5.32 Å². The molecule has 0 radical (unpaired) electrons. The molecule has 3 fully saturated rings. The number of allylic oxidation sites excluding steroid dienone is 1. The molecule has 0 bridgehead atoms. The summed E-state index contributed by atoms with van der Waals surface area (Å²) in [4.78, 5) is 13.2. The molecule has 3 saturated carbocycles. The molecule has 4 rings (SSSR count). The number of nitrogens with one attached hydrogen (secondary N) is 1. The Morgan fingerprint density at radius 1 is 1.12 bits per heavy atom. The van der Waals surface area contributed by atoms with E-state index >= 15 is 0 Å². The molecule has 13 atom stereocenters. The lowest BCUT2D eigenvalue weighted by molar-refractivity contribution is -0.239. The van der Waals surface area contributed by atoms with Gasteiger partial charge in [0.1, 0.15) is 0 Å². The Hall–Kier alpha value is -1.11. The minimum Gasteiger partial charge on any atom is -0.393 e. The molecule has 194 valence electrons. The first-order chi connectivity index (χ1) is 16.0. The first kappa shape index (κ1) is 26.0. The highest BCUT2D eigenvalue weighted by atomic mass is 16.6. The standard InChI is InChI=1S/C24H39NO9/c1-3-6-34-23(32)25-14-5-4-11-7-12-8-13-9-15(27)16(10(2)26)21(30)24(13,33)22(31)18(12)20(29)17(11)19(14)28/h5,10-13,15-20,22-23,25-29,31-33H,3-4,6-9H2,1-2H3/t10?,11?,12-,13-,15?,16?,17?,18?,19?,20?,22?,23?,24+/m0/s1. The lowest BCUT2D eigenvalue weighted by atomic mass is 9.49. The summed E-state index contributed by atoms with van der Waals surface area (Å²) in [6.45, 7) is 3.60. The molecule has 0 aromatic carbocycles. The van der Waals surface area contributed by atoms with Crippen LogP contribution in [0.4, 0.5) is 0 Å². The Morgan fingerprint density at radius 2 is 1.82 bits per heavy atom. The normalized spacial score (nSPS) is 48.1. The summed E-state index contributed by atoms with van der Waals surface area (Å²) in [6.07, 6.45) is -3.53. The number of carbonyl (C=O) groups excluding carboxylic acids is 1. The van der Waals surface area contributed by atoms with Crippen LogP contribution in [0, 0.1) is 35.5 Å². The quantitative estimate of drug-likeness (QED) is 0.209. The molecule has 0 aromatic rings. The highest BCUT2D eigenvalue weighted by Crippen LogP contribution is 2.56. The lowest BCUT2D eigenvalue weighted by Gasteiger charge is -2.59. The zero-order chi connectivity index (χ0) is 24.9. The van der Waals surface area contributed by atoms with Crippen molar-refractivity contribution in [3.63, 3.8) is 0 Å². The summed E-state index contributed by atoms with van der Waals surface area (Å²) in [5.41, 5.74) is -1.85. The van der Waals surface area contributed by atoms with E-state index in [0.29, 0.717) is 38.0 Å². The number of hydrogen-bond acceptors (Lipinski definition) is 10. The molecular formula is C24H39NO9. The van der Waals surface area contributed by atoms with E-state index in [1.54, 1.807) is 6.08 Å². The monoisotopic (exact) mass is 485 g/mol. The van der Waals surface area contributed by atoms with Crippen molar-refractivity contribution in [2.45, 2.75) is 88.5 Å². The van der Waals surface area contributed by atoms with Crippen molar-refractivity contribution >= 4 is 5.78 Å². The number of carbonyl (C=O) groups is 1. The van der Waals surface area contributed by atoms with E-state index in [9.17, 15) is 40.5 Å². The van der Waals surface area contributed by atoms with E-state index in [1.807, 2.05) is 6.92 Å². The lowest BCUT2D eigenvalue weighted by Crippen LogP contribution is -2.72. The molecule has 34 heavy (non-hydrogen) atoms. The fourth-order valence-corrected chi connectivity index (χ4v) is 7.20. The van der Waals surface area contributed by atoms with Crippen molar-refractivity contribution in [1.29, 1.82) is 0 Å². The number of hydrogen-bond donors (Lipinski definition) is 8. The summed E-state index contributed by atoms with van der Waals surface area (Å²) < 4.78 is 5.21. The highest BCUT2D eigenvalue weighted by molar-refractivity contribution is 5.92. The summed E-state index contributed by atoms with van der Waals surface area (Å²) in [6, 6.07) is 0. The first-order valence-electron chi connectivity index (χ1n) is 12.5. The zero-order valence-electron chi connectivity index (χ0n) is 19.7. The molecule has 10 unspecified atom stereocenters. The second kappa shape index (κ2) is 9.74. The minimum atomic E-state index is -2.18. The largest absolute Gasteiger partial charge is 0.393 e. The molecule has 4 aliphatic rings. The first-order valence-corrected chi connectivity index (χ1v) is 12.5. The highest BCUT2D eigenvalue weighted by Gasteiger charge is 2.66. The number of ether oxygens (including phenoxy) is 1. The smallest absolute Gasteiger partial charge is 0.235 e. The third-order valence-corrected chi connectivity index (χ3v) is 8.76. The number of fused-ring (bicyclic) bond motifs is 3. The molecule has 8 N–H and O–H groups in total. The van der Waals surface area contributed by atoms with Gasteiger partial charge in [-0.3, -0.25) is 4.79 Å². The summed E-state index contributed by atoms with van der Waals surface area (Å²) in [5.74, 6) is -4.51. The van der Waals surface area contributed by atoms with Crippen molar-refractivity contribution in [2.24, 2.45) is 35.5 Å². The molecule has 0 heterocycles. The van der Waals surface area contributed by atoms with Gasteiger partial charge in [0.25, 0.3) is 0 Å². The van der Waals surface area contributed by atoms with Crippen LogP contribution in [0.25, 0.3) is 0 Å². The van der Waals surface area contributed by atoms with Gasteiger partial charge in [0, 0.05) is 23.5 Å². The van der Waals surface area contributed by atoms with Gasteiger partial charge < -0.3 is 45.8 Å². The summed E-state index contributed by atoms with van der Waals surface area (Å²) in [5, 5.41) is 78.5. The molecule has 0 aromatic heterocycles. The molecule has 4 aliphatic carbocycles. The van der Waals surface area contributed by atoms with Gasteiger partial charge >= 0.3 is 0 Å². The van der Waals surface area contributed by atoms with Gasteiger partial charge in [-0.25, -0.2) is 0 Å². The van der Waals surface area contributed by atoms with Crippen LogP contribution in [-0.4, -0.2) is 90.7 Å². The van der Waals surface area contributed by atoms with Gasteiger partial charge in [-0.15, -0.1) is 0 Å². The number of ketones is 1. The van der Waals surface area contributed by atoms with Crippen LogP contribution in [0.2, 0.25) is 0 Å². The number of aliphatic hydroxyl groups is 7. The zero-order valence-corrected chi connectivity index (χ0v) is 19.7. The van der Waals surface area contributed by atoms with E-state index in [1.165, 1.54) is 6.92 Å². The Bertz CT molecular complexity index is 790. The molecule has 0 saturated heterocycles. The molecule has 10 heteroatoms. The van der Waals surface area contributed by atoms with Crippen molar-refractivity contribution in [2.75, 3.05) is 6.61 Å². The Morgan fingerprint density at radius 3 is 2.47 bits per heavy atom. The van der Waals surface area contributed by atoms with Crippen LogP contribution in [-0.2, 0) is 9.53 Å².